The number of nitrogens with zero attached hydrogens (tertiary/aromatic N) is 1. The van der Waals surface area contributed by atoms with Crippen LogP contribution in [0, 0.1) is 0 Å². The highest BCUT2D eigenvalue weighted by Gasteiger charge is 2.35. The lowest BCUT2D eigenvalue weighted by Gasteiger charge is -2.12. The number of imide groups is 1. The molecule has 1 fully saturated rings. The fourth-order valence-corrected chi connectivity index (χ4v) is 3.53. The molecule has 1 saturated heterocycles. The Kier molecular flexibility index (Phi) is 5.21. The third-order valence-corrected chi connectivity index (χ3v) is 5.38. The van der Waals surface area contributed by atoms with E-state index in [-0.39, 0.29) is 17.7 Å². The largest absolute Gasteiger partial charge is 0.293 e. The minimum absolute atomic E-state index is 0.140. The lowest BCUT2D eigenvalue weighted by atomic mass is 10.2. The van der Waals surface area contributed by atoms with Crippen molar-refractivity contribution >= 4 is 63.8 Å². The van der Waals surface area contributed by atoms with Crippen LogP contribution in [0.5, 0.6) is 0 Å². The summed E-state index contributed by atoms with van der Waals surface area (Å²) in [6.07, 6.45) is 1.63. The standard InChI is InChI=1S/C17H10Cl3NO2S/c18-12-4-2-1-3-11(12)8-15-16(22)21(17(23)24-15)9-10-5-6-13(19)14(20)7-10/h1-8H,9H2/b15-8-. The van der Waals surface area contributed by atoms with Crippen molar-refractivity contribution in [3.05, 3.63) is 73.6 Å². The lowest BCUT2D eigenvalue weighted by Crippen LogP contribution is -2.27. The SMILES string of the molecule is O=C1S/C(=C\c2ccccc2Cl)C(=O)N1Cc1ccc(Cl)c(Cl)c1. The lowest BCUT2D eigenvalue weighted by molar-refractivity contribution is -0.123. The Hall–Kier alpha value is -1.46. The van der Waals surface area contributed by atoms with Crippen LogP contribution in [0.3, 0.4) is 0 Å². The first-order valence-electron chi connectivity index (χ1n) is 6.89. The highest BCUT2D eigenvalue weighted by molar-refractivity contribution is 8.18. The second kappa shape index (κ2) is 7.19. The van der Waals surface area contributed by atoms with E-state index in [1.54, 1.807) is 42.5 Å². The zero-order chi connectivity index (χ0) is 17.3. The van der Waals surface area contributed by atoms with Gasteiger partial charge in [-0.25, -0.2) is 0 Å². The number of amides is 2. The van der Waals surface area contributed by atoms with Crippen LogP contribution in [0.25, 0.3) is 6.08 Å². The number of halogens is 3. The maximum Gasteiger partial charge on any atom is 0.293 e. The van der Waals surface area contributed by atoms with Gasteiger partial charge < -0.3 is 0 Å². The first kappa shape index (κ1) is 17.4. The number of benzene rings is 2. The molecule has 1 heterocycles. The second-order valence-corrected chi connectivity index (χ2v) is 7.25. The minimum Gasteiger partial charge on any atom is -0.268 e. The number of thioether (sulfide) groups is 1. The van der Waals surface area contributed by atoms with Crippen LogP contribution in [0.4, 0.5) is 4.79 Å². The molecule has 0 spiro atoms. The molecule has 0 radical (unpaired) electrons. The summed E-state index contributed by atoms with van der Waals surface area (Å²) in [4.78, 5) is 26.2. The van der Waals surface area contributed by atoms with Crippen molar-refractivity contribution in [1.29, 1.82) is 0 Å². The van der Waals surface area contributed by atoms with Crippen LogP contribution in [0.1, 0.15) is 11.1 Å². The second-order valence-electron chi connectivity index (χ2n) is 5.04. The average Bonchev–Trinajstić information content (AvgIpc) is 2.81. The van der Waals surface area contributed by atoms with E-state index < -0.39 is 0 Å². The third-order valence-electron chi connectivity index (χ3n) is 3.39. The fraction of sp³-hybridized carbons (Fsp3) is 0.0588. The molecule has 122 valence electrons. The van der Waals surface area contributed by atoms with Gasteiger partial charge in [0.25, 0.3) is 11.1 Å². The van der Waals surface area contributed by atoms with E-state index in [4.69, 9.17) is 34.8 Å². The molecule has 7 heteroatoms. The van der Waals surface area contributed by atoms with Gasteiger partial charge in [-0.05, 0) is 47.2 Å². The smallest absolute Gasteiger partial charge is 0.268 e. The van der Waals surface area contributed by atoms with E-state index in [2.05, 4.69) is 0 Å². The normalized spacial score (nSPS) is 16.3. The van der Waals surface area contributed by atoms with Crippen LogP contribution in [-0.4, -0.2) is 16.0 Å². The molecule has 0 N–H and O–H groups in total. The van der Waals surface area contributed by atoms with Crippen molar-refractivity contribution in [2.24, 2.45) is 0 Å². The van der Waals surface area contributed by atoms with Crippen LogP contribution in [0.2, 0.25) is 15.1 Å². The minimum atomic E-state index is -0.351. The van der Waals surface area contributed by atoms with Gasteiger partial charge in [-0.15, -0.1) is 0 Å². The molecule has 3 nitrogen and oxygen atoms in total. The van der Waals surface area contributed by atoms with E-state index in [9.17, 15) is 9.59 Å². The summed E-state index contributed by atoms with van der Waals surface area (Å²) in [5.74, 6) is -0.351. The Morgan fingerprint density at radius 3 is 2.42 bits per heavy atom. The molecule has 2 aromatic carbocycles. The quantitative estimate of drug-likeness (QED) is 0.606. The zero-order valence-electron chi connectivity index (χ0n) is 12.1. The fourth-order valence-electron chi connectivity index (χ4n) is 2.19. The van der Waals surface area contributed by atoms with Crippen LogP contribution >= 0.6 is 46.6 Å². The topological polar surface area (TPSA) is 37.4 Å². The van der Waals surface area contributed by atoms with Gasteiger partial charge in [0.1, 0.15) is 0 Å². The van der Waals surface area contributed by atoms with Crippen molar-refractivity contribution in [1.82, 2.24) is 4.90 Å². The number of carbonyl (C=O) groups excluding carboxylic acids is 2. The Balaban J connectivity index is 1.84. The molecule has 0 atom stereocenters. The molecule has 0 aliphatic carbocycles. The van der Waals surface area contributed by atoms with Gasteiger partial charge in [-0.3, -0.25) is 14.5 Å². The highest BCUT2D eigenvalue weighted by atomic mass is 35.5. The molecule has 3 rings (SSSR count). The van der Waals surface area contributed by atoms with Crippen molar-refractivity contribution in [2.45, 2.75) is 6.54 Å². The maximum absolute atomic E-state index is 12.5. The summed E-state index contributed by atoms with van der Waals surface area (Å²) in [6, 6.07) is 12.1. The summed E-state index contributed by atoms with van der Waals surface area (Å²) in [7, 11) is 0. The third kappa shape index (κ3) is 3.62. The van der Waals surface area contributed by atoms with E-state index in [1.807, 2.05) is 6.07 Å². The number of hydrogen-bond donors (Lipinski definition) is 0. The van der Waals surface area contributed by atoms with Gasteiger partial charge in [-0.2, -0.15) is 0 Å². The average molecular weight is 399 g/mol. The van der Waals surface area contributed by atoms with Gasteiger partial charge in [0.2, 0.25) is 0 Å². The molecule has 0 saturated carbocycles. The molecule has 2 aromatic rings. The molecule has 0 unspecified atom stereocenters. The number of hydrogen-bond acceptors (Lipinski definition) is 3. The Labute approximate surface area is 158 Å². The summed E-state index contributed by atoms with van der Waals surface area (Å²) in [5, 5.41) is 0.999. The Morgan fingerprint density at radius 2 is 1.71 bits per heavy atom. The zero-order valence-corrected chi connectivity index (χ0v) is 15.2. The van der Waals surface area contributed by atoms with Gasteiger partial charge >= 0.3 is 0 Å². The molecule has 24 heavy (non-hydrogen) atoms. The van der Waals surface area contributed by atoms with E-state index in [0.29, 0.717) is 25.5 Å². The number of carbonyl (C=O) groups is 2. The first-order valence-corrected chi connectivity index (χ1v) is 8.84. The first-order chi connectivity index (χ1) is 11.5. The number of rotatable bonds is 3. The summed E-state index contributed by atoms with van der Waals surface area (Å²) >= 11 is 18.8. The maximum atomic E-state index is 12.5. The van der Waals surface area contributed by atoms with Gasteiger partial charge in [-0.1, -0.05) is 59.1 Å². The molecule has 2 amide bonds. The molecular formula is C17H10Cl3NO2S. The predicted molar refractivity (Wildman–Crippen MR) is 99.4 cm³/mol. The van der Waals surface area contributed by atoms with Crippen LogP contribution in [-0.2, 0) is 11.3 Å². The monoisotopic (exact) mass is 397 g/mol. The van der Waals surface area contributed by atoms with E-state index >= 15 is 0 Å². The predicted octanol–water partition coefficient (Wildman–Crippen LogP) is 5.88. The molecular weight excluding hydrogens is 389 g/mol. The Bertz CT molecular complexity index is 867. The van der Waals surface area contributed by atoms with Crippen molar-refractivity contribution in [3.63, 3.8) is 0 Å². The highest BCUT2D eigenvalue weighted by Crippen LogP contribution is 2.34. The van der Waals surface area contributed by atoms with Gasteiger partial charge in [0.05, 0.1) is 21.5 Å². The molecule has 0 bridgehead atoms. The van der Waals surface area contributed by atoms with E-state index in [0.717, 1.165) is 17.3 Å². The van der Waals surface area contributed by atoms with Gasteiger partial charge in [0.15, 0.2) is 0 Å². The summed E-state index contributed by atoms with van der Waals surface area (Å²) in [5.41, 5.74) is 1.42. The Morgan fingerprint density at radius 1 is 0.958 bits per heavy atom. The van der Waals surface area contributed by atoms with E-state index in [1.165, 1.54) is 4.90 Å². The van der Waals surface area contributed by atoms with Crippen LogP contribution < -0.4 is 0 Å². The van der Waals surface area contributed by atoms with Crippen molar-refractivity contribution in [3.8, 4) is 0 Å². The van der Waals surface area contributed by atoms with Crippen LogP contribution in [0.15, 0.2) is 47.4 Å². The molecule has 0 aromatic heterocycles. The van der Waals surface area contributed by atoms with Crippen molar-refractivity contribution in [2.75, 3.05) is 0 Å². The summed E-state index contributed by atoms with van der Waals surface area (Å²) in [6.45, 7) is 0.140. The van der Waals surface area contributed by atoms with Gasteiger partial charge in [0, 0.05) is 5.02 Å². The molecule has 1 aliphatic heterocycles. The summed E-state index contributed by atoms with van der Waals surface area (Å²) < 4.78 is 0. The molecule has 1 aliphatic rings. The van der Waals surface area contributed by atoms with Crippen molar-refractivity contribution < 1.29 is 9.59 Å².